The van der Waals surface area contributed by atoms with Crippen molar-refractivity contribution >= 4 is 21.7 Å². The predicted molar refractivity (Wildman–Crippen MR) is 81.9 cm³/mol. The van der Waals surface area contributed by atoms with E-state index in [2.05, 4.69) is 15.9 Å². The molecule has 0 radical (unpaired) electrons. The molecule has 0 aliphatic heterocycles. The minimum Gasteiger partial charge on any atom is -0.497 e. The summed E-state index contributed by atoms with van der Waals surface area (Å²) in [5.41, 5.74) is 2.11. The number of rotatable bonds is 4. The minimum atomic E-state index is -0.0454. The molecule has 20 heavy (non-hydrogen) atoms. The molecule has 0 heterocycles. The lowest BCUT2D eigenvalue weighted by Gasteiger charge is -2.10. The van der Waals surface area contributed by atoms with E-state index in [9.17, 15) is 4.79 Å². The van der Waals surface area contributed by atoms with Gasteiger partial charge in [0, 0.05) is 15.6 Å². The Morgan fingerprint density at radius 1 is 0.950 bits per heavy atom. The number of ether oxygens (including phenoxy) is 2. The van der Waals surface area contributed by atoms with Crippen molar-refractivity contribution in [1.82, 2.24) is 0 Å². The summed E-state index contributed by atoms with van der Waals surface area (Å²) in [4.78, 5) is 12.6. The van der Waals surface area contributed by atoms with Crippen molar-refractivity contribution in [2.24, 2.45) is 0 Å². The van der Waals surface area contributed by atoms with Gasteiger partial charge >= 0.3 is 0 Å². The maximum atomic E-state index is 12.6. The van der Waals surface area contributed by atoms with Crippen LogP contribution < -0.4 is 9.47 Å². The second-order valence-electron chi connectivity index (χ2n) is 4.36. The van der Waals surface area contributed by atoms with Crippen LogP contribution in [0.3, 0.4) is 0 Å². The number of hydrogen-bond acceptors (Lipinski definition) is 3. The fourth-order valence-electron chi connectivity index (χ4n) is 1.97. The SMILES string of the molecule is COc1ccc(C(=O)c2cc(OC)ccc2Br)c(C)c1. The fraction of sp³-hybridized carbons (Fsp3) is 0.188. The highest BCUT2D eigenvalue weighted by Gasteiger charge is 2.16. The van der Waals surface area contributed by atoms with Crippen LogP contribution in [0.1, 0.15) is 21.5 Å². The van der Waals surface area contributed by atoms with Crippen molar-refractivity contribution in [3.8, 4) is 11.5 Å². The van der Waals surface area contributed by atoms with E-state index in [1.54, 1.807) is 32.4 Å². The van der Waals surface area contributed by atoms with Gasteiger partial charge in [-0.05, 0) is 48.9 Å². The van der Waals surface area contributed by atoms with Gasteiger partial charge in [0.2, 0.25) is 0 Å². The van der Waals surface area contributed by atoms with Crippen molar-refractivity contribution in [2.45, 2.75) is 6.92 Å². The maximum Gasteiger partial charge on any atom is 0.194 e. The van der Waals surface area contributed by atoms with Crippen molar-refractivity contribution in [3.05, 3.63) is 57.6 Å². The zero-order valence-electron chi connectivity index (χ0n) is 11.6. The Balaban J connectivity index is 2.46. The molecule has 0 aromatic heterocycles. The number of hydrogen-bond donors (Lipinski definition) is 0. The average molecular weight is 335 g/mol. The van der Waals surface area contributed by atoms with Gasteiger partial charge in [0.1, 0.15) is 11.5 Å². The van der Waals surface area contributed by atoms with Crippen LogP contribution in [0.4, 0.5) is 0 Å². The normalized spacial score (nSPS) is 10.2. The van der Waals surface area contributed by atoms with Crippen molar-refractivity contribution in [3.63, 3.8) is 0 Å². The molecule has 0 atom stereocenters. The van der Waals surface area contributed by atoms with Gasteiger partial charge in [-0.15, -0.1) is 0 Å². The zero-order chi connectivity index (χ0) is 14.7. The largest absolute Gasteiger partial charge is 0.497 e. The van der Waals surface area contributed by atoms with Gasteiger partial charge in [0.05, 0.1) is 14.2 Å². The molecule has 2 rings (SSSR count). The second kappa shape index (κ2) is 6.09. The summed E-state index contributed by atoms with van der Waals surface area (Å²) in [6.45, 7) is 1.89. The zero-order valence-corrected chi connectivity index (χ0v) is 13.2. The second-order valence-corrected chi connectivity index (χ2v) is 5.21. The Morgan fingerprint density at radius 3 is 2.15 bits per heavy atom. The summed E-state index contributed by atoms with van der Waals surface area (Å²) in [7, 11) is 3.19. The molecule has 2 aromatic carbocycles. The monoisotopic (exact) mass is 334 g/mol. The third kappa shape index (κ3) is 2.85. The highest BCUT2D eigenvalue weighted by molar-refractivity contribution is 9.10. The topological polar surface area (TPSA) is 35.5 Å². The lowest BCUT2D eigenvalue weighted by Crippen LogP contribution is -2.05. The van der Waals surface area contributed by atoms with Crippen molar-refractivity contribution in [1.29, 1.82) is 0 Å². The lowest BCUT2D eigenvalue weighted by atomic mass is 9.99. The maximum absolute atomic E-state index is 12.6. The molecule has 0 aliphatic rings. The van der Waals surface area contributed by atoms with E-state index in [0.717, 1.165) is 15.8 Å². The third-order valence-electron chi connectivity index (χ3n) is 3.10. The van der Waals surface area contributed by atoms with E-state index in [0.29, 0.717) is 16.9 Å². The highest BCUT2D eigenvalue weighted by Crippen LogP contribution is 2.27. The Morgan fingerprint density at radius 2 is 1.55 bits per heavy atom. The van der Waals surface area contributed by atoms with Crippen LogP contribution in [-0.2, 0) is 0 Å². The summed E-state index contributed by atoms with van der Waals surface area (Å²) in [6.07, 6.45) is 0. The highest BCUT2D eigenvalue weighted by atomic mass is 79.9. The van der Waals surface area contributed by atoms with Crippen LogP contribution >= 0.6 is 15.9 Å². The van der Waals surface area contributed by atoms with Crippen LogP contribution in [0.5, 0.6) is 11.5 Å². The van der Waals surface area contributed by atoms with E-state index in [4.69, 9.17) is 9.47 Å². The van der Waals surface area contributed by atoms with E-state index < -0.39 is 0 Å². The van der Waals surface area contributed by atoms with Gasteiger partial charge in [0.25, 0.3) is 0 Å². The van der Waals surface area contributed by atoms with E-state index in [1.165, 1.54) is 0 Å². The Hall–Kier alpha value is -1.81. The molecule has 0 unspecified atom stereocenters. The molecule has 0 N–H and O–H groups in total. The third-order valence-corrected chi connectivity index (χ3v) is 3.79. The quantitative estimate of drug-likeness (QED) is 0.792. The average Bonchev–Trinajstić information content (AvgIpc) is 2.47. The Kier molecular flexibility index (Phi) is 4.45. The van der Waals surface area contributed by atoms with Crippen LogP contribution in [0, 0.1) is 6.92 Å². The number of methoxy groups -OCH3 is 2. The minimum absolute atomic E-state index is 0.0454. The summed E-state index contributed by atoms with van der Waals surface area (Å²) >= 11 is 3.41. The molecule has 0 aliphatic carbocycles. The lowest BCUT2D eigenvalue weighted by molar-refractivity contribution is 0.103. The van der Waals surface area contributed by atoms with Crippen LogP contribution in [0.15, 0.2) is 40.9 Å². The van der Waals surface area contributed by atoms with Crippen LogP contribution in [0.2, 0.25) is 0 Å². The standard InChI is InChI=1S/C16H15BrO3/c1-10-8-11(19-2)4-6-13(10)16(18)14-9-12(20-3)5-7-15(14)17/h4-9H,1-3H3. The molecule has 4 heteroatoms. The first-order valence-electron chi connectivity index (χ1n) is 6.09. The number of halogens is 1. The predicted octanol–water partition coefficient (Wildman–Crippen LogP) is 4.01. The van der Waals surface area contributed by atoms with Gasteiger partial charge in [-0.1, -0.05) is 15.9 Å². The number of aryl methyl sites for hydroxylation is 1. The Bertz CT molecular complexity index is 650. The molecular weight excluding hydrogens is 320 g/mol. The van der Waals surface area contributed by atoms with Crippen LogP contribution in [-0.4, -0.2) is 20.0 Å². The summed E-state index contributed by atoms with van der Waals surface area (Å²) in [5, 5.41) is 0. The molecule has 0 saturated heterocycles. The molecular formula is C16H15BrO3. The number of carbonyl (C=O) groups is 1. The van der Waals surface area contributed by atoms with Gasteiger partial charge in [0.15, 0.2) is 5.78 Å². The summed E-state index contributed by atoms with van der Waals surface area (Å²) < 4.78 is 11.1. The smallest absolute Gasteiger partial charge is 0.194 e. The van der Waals surface area contributed by atoms with Crippen molar-refractivity contribution in [2.75, 3.05) is 14.2 Å². The van der Waals surface area contributed by atoms with E-state index in [1.807, 2.05) is 25.1 Å². The molecule has 0 amide bonds. The molecule has 3 nitrogen and oxygen atoms in total. The number of carbonyl (C=O) groups excluding carboxylic acids is 1. The van der Waals surface area contributed by atoms with E-state index >= 15 is 0 Å². The van der Waals surface area contributed by atoms with Crippen LogP contribution in [0.25, 0.3) is 0 Å². The summed E-state index contributed by atoms with van der Waals surface area (Å²) in [5.74, 6) is 1.35. The van der Waals surface area contributed by atoms with Gasteiger partial charge in [-0.3, -0.25) is 4.79 Å². The first kappa shape index (κ1) is 14.6. The van der Waals surface area contributed by atoms with Gasteiger partial charge < -0.3 is 9.47 Å². The van der Waals surface area contributed by atoms with Gasteiger partial charge in [-0.2, -0.15) is 0 Å². The molecule has 0 spiro atoms. The summed E-state index contributed by atoms with van der Waals surface area (Å²) in [6, 6.07) is 10.8. The van der Waals surface area contributed by atoms with Gasteiger partial charge in [-0.25, -0.2) is 0 Å². The first-order valence-corrected chi connectivity index (χ1v) is 6.89. The molecule has 104 valence electrons. The number of ketones is 1. The number of benzene rings is 2. The molecule has 0 bridgehead atoms. The van der Waals surface area contributed by atoms with E-state index in [-0.39, 0.29) is 5.78 Å². The fourth-order valence-corrected chi connectivity index (χ4v) is 2.40. The first-order chi connectivity index (χ1) is 9.56. The Labute approximate surface area is 126 Å². The molecule has 2 aromatic rings. The van der Waals surface area contributed by atoms with Crippen molar-refractivity contribution < 1.29 is 14.3 Å². The molecule has 0 saturated carbocycles. The molecule has 0 fully saturated rings.